The van der Waals surface area contributed by atoms with E-state index in [1.54, 1.807) is 6.33 Å². The number of hydrogen-bond acceptors (Lipinski definition) is 8. The molecule has 1 fully saturated rings. The number of likely N-dealkylation sites (N-methyl/N-ethyl adjacent to an activating group) is 1. The quantitative estimate of drug-likeness (QED) is 0.708. The monoisotopic (exact) mass is 389 g/mol. The zero-order valence-corrected chi connectivity index (χ0v) is 16.7. The maximum Gasteiger partial charge on any atom is 0.158 e. The van der Waals surface area contributed by atoms with E-state index in [0.29, 0.717) is 17.7 Å². The lowest BCUT2D eigenvalue weighted by Gasteiger charge is -2.23. The summed E-state index contributed by atoms with van der Waals surface area (Å²) in [6.45, 7) is 4.12. The second-order valence-electron chi connectivity index (χ2n) is 7.32. The van der Waals surface area contributed by atoms with E-state index in [-0.39, 0.29) is 5.69 Å². The Labute approximate surface area is 169 Å². The number of aryl methyl sites for hydroxylation is 1. The molecule has 1 aliphatic heterocycles. The molecule has 0 amide bonds. The lowest BCUT2D eigenvalue weighted by Crippen LogP contribution is -2.31. The minimum Gasteiger partial charge on any atom is -0.368 e. The summed E-state index contributed by atoms with van der Waals surface area (Å²) in [5, 5.41) is 11.9. The van der Waals surface area contributed by atoms with Gasteiger partial charge in [0.1, 0.15) is 29.9 Å². The van der Waals surface area contributed by atoms with E-state index in [2.05, 4.69) is 50.2 Å². The normalized spacial score (nSPS) is 16.2. The van der Waals surface area contributed by atoms with Crippen LogP contribution in [0.15, 0.2) is 37.1 Å². The fourth-order valence-electron chi connectivity index (χ4n) is 3.49. The number of aromatic nitrogens is 5. The van der Waals surface area contributed by atoms with Crippen molar-refractivity contribution in [1.29, 1.82) is 5.26 Å². The van der Waals surface area contributed by atoms with Crippen molar-refractivity contribution in [1.82, 2.24) is 29.4 Å². The van der Waals surface area contributed by atoms with Gasteiger partial charge in [-0.2, -0.15) is 5.26 Å². The van der Waals surface area contributed by atoms with E-state index < -0.39 is 0 Å². The molecule has 1 N–H and O–H groups in total. The highest BCUT2D eigenvalue weighted by Gasteiger charge is 2.25. The van der Waals surface area contributed by atoms with Gasteiger partial charge in [0, 0.05) is 19.1 Å². The number of rotatable bonds is 5. The first-order chi connectivity index (χ1) is 14.0. The summed E-state index contributed by atoms with van der Waals surface area (Å²) in [7, 11) is 4.27. The lowest BCUT2D eigenvalue weighted by atomic mass is 10.2. The van der Waals surface area contributed by atoms with Crippen molar-refractivity contribution in [3.8, 4) is 11.9 Å². The summed E-state index contributed by atoms with van der Waals surface area (Å²) < 4.78 is 1.86. The standard InChI is InChI=1S/C20H23N9/c1-14-17(28-7-6-16(11-28)27(2)3)4-5-20(25-14)29-12-19(24-13-29)26-18-10-22-15(8-21)9-23-18/h4-5,9-10,12-13,16H,6-7,11H2,1-3H3,(H,23,26)/t16-/m1/s1. The van der Waals surface area contributed by atoms with Crippen molar-refractivity contribution in [2.45, 2.75) is 19.4 Å². The Hall–Kier alpha value is -3.51. The molecule has 0 aromatic carbocycles. The van der Waals surface area contributed by atoms with E-state index in [1.165, 1.54) is 24.5 Å². The van der Waals surface area contributed by atoms with Crippen LogP contribution in [-0.4, -0.2) is 62.6 Å². The third kappa shape index (κ3) is 4.02. The van der Waals surface area contributed by atoms with Gasteiger partial charge in [-0.3, -0.25) is 4.57 Å². The SMILES string of the molecule is Cc1nc(-n2cnc(Nc3cnc(C#N)cn3)c2)ccc1N1CC[C@@H](N(C)C)C1. The second kappa shape index (κ2) is 7.85. The molecule has 0 saturated carbocycles. The first-order valence-corrected chi connectivity index (χ1v) is 9.46. The van der Waals surface area contributed by atoms with Crippen LogP contribution in [-0.2, 0) is 0 Å². The fraction of sp³-hybridized carbons (Fsp3) is 0.350. The van der Waals surface area contributed by atoms with Crippen LogP contribution in [0.5, 0.6) is 0 Å². The van der Waals surface area contributed by atoms with Crippen molar-refractivity contribution in [2.24, 2.45) is 0 Å². The molecule has 3 aromatic heterocycles. The molecular weight excluding hydrogens is 366 g/mol. The molecule has 3 aromatic rings. The third-order valence-corrected chi connectivity index (χ3v) is 5.15. The van der Waals surface area contributed by atoms with Gasteiger partial charge in [-0.25, -0.2) is 19.9 Å². The molecule has 1 aliphatic rings. The number of nitrogens with one attached hydrogen (secondary N) is 1. The molecule has 4 heterocycles. The first-order valence-electron chi connectivity index (χ1n) is 9.46. The number of anilines is 3. The molecule has 0 bridgehead atoms. The van der Waals surface area contributed by atoms with Crippen LogP contribution in [0.1, 0.15) is 17.8 Å². The van der Waals surface area contributed by atoms with E-state index in [4.69, 9.17) is 10.2 Å². The Bertz CT molecular complexity index is 1030. The number of nitriles is 1. The highest BCUT2D eigenvalue weighted by atomic mass is 15.2. The van der Waals surface area contributed by atoms with E-state index in [0.717, 1.165) is 24.6 Å². The van der Waals surface area contributed by atoms with Crippen molar-refractivity contribution in [3.63, 3.8) is 0 Å². The maximum atomic E-state index is 8.80. The fourth-order valence-corrected chi connectivity index (χ4v) is 3.49. The summed E-state index contributed by atoms with van der Waals surface area (Å²) in [6.07, 6.45) is 7.65. The van der Waals surface area contributed by atoms with E-state index in [9.17, 15) is 0 Å². The van der Waals surface area contributed by atoms with Crippen LogP contribution in [0.25, 0.3) is 5.82 Å². The smallest absolute Gasteiger partial charge is 0.158 e. The van der Waals surface area contributed by atoms with Crippen molar-refractivity contribution in [3.05, 3.63) is 48.4 Å². The molecule has 1 saturated heterocycles. The molecule has 0 unspecified atom stereocenters. The van der Waals surface area contributed by atoms with Crippen LogP contribution >= 0.6 is 0 Å². The van der Waals surface area contributed by atoms with Gasteiger partial charge in [0.15, 0.2) is 5.69 Å². The summed E-state index contributed by atoms with van der Waals surface area (Å²) in [5.41, 5.74) is 2.46. The van der Waals surface area contributed by atoms with Crippen molar-refractivity contribution >= 4 is 17.3 Å². The Morgan fingerprint density at radius 1 is 1.17 bits per heavy atom. The maximum absolute atomic E-state index is 8.80. The largest absolute Gasteiger partial charge is 0.368 e. The van der Waals surface area contributed by atoms with Gasteiger partial charge in [0.25, 0.3) is 0 Å². The molecule has 148 valence electrons. The zero-order valence-electron chi connectivity index (χ0n) is 16.7. The first kappa shape index (κ1) is 18.8. The molecule has 0 aliphatic carbocycles. The summed E-state index contributed by atoms with van der Waals surface area (Å²) in [4.78, 5) is 22.0. The minimum absolute atomic E-state index is 0.274. The van der Waals surface area contributed by atoms with Crippen molar-refractivity contribution < 1.29 is 0 Å². The van der Waals surface area contributed by atoms with Gasteiger partial charge >= 0.3 is 0 Å². The average Bonchev–Trinajstić information content (AvgIpc) is 3.38. The molecule has 9 nitrogen and oxygen atoms in total. The van der Waals surface area contributed by atoms with Gasteiger partial charge in [-0.05, 0) is 39.6 Å². The lowest BCUT2D eigenvalue weighted by molar-refractivity contribution is 0.315. The molecule has 0 radical (unpaired) electrons. The van der Waals surface area contributed by atoms with Gasteiger partial charge < -0.3 is 15.1 Å². The van der Waals surface area contributed by atoms with E-state index >= 15 is 0 Å². The summed E-state index contributed by atoms with van der Waals surface area (Å²) >= 11 is 0. The third-order valence-electron chi connectivity index (χ3n) is 5.15. The van der Waals surface area contributed by atoms with Crippen LogP contribution in [0.2, 0.25) is 0 Å². The highest BCUT2D eigenvalue weighted by molar-refractivity contribution is 5.54. The number of hydrogen-bond donors (Lipinski definition) is 1. The number of imidazole rings is 1. The van der Waals surface area contributed by atoms with Crippen LogP contribution in [0.4, 0.5) is 17.3 Å². The Kier molecular flexibility index (Phi) is 5.10. The molecule has 1 atom stereocenters. The zero-order chi connectivity index (χ0) is 20.4. The Balaban J connectivity index is 1.48. The molecule has 29 heavy (non-hydrogen) atoms. The molecule has 4 rings (SSSR count). The van der Waals surface area contributed by atoms with Crippen LogP contribution in [0, 0.1) is 18.3 Å². The van der Waals surface area contributed by atoms with Gasteiger partial charge in [-0.15, -0.1) is 0 Å². The van der Waals surface area contributed by atoms with Crippen molar-refractivity contribution in [2.75, 3.05) is 37.4 Å². The summed E-state index contributed by atoms with van der Waals surface area (Å²) in [6, 6.07) is 6.68. The second-order valence-corrected chi connectivity index (χ2v) is 7.32. The topological polar surface area (TPSA) is 98.8 Å². The van der Waals surface area contributed by atoms with Crippen LogP contribution < -0.4 is 10.2 Å². The molecule has 0 spiro atoms. The number of nitrogens with zero attached hydrogens (tertiary/aromatic N) is 8. The van der Waals surface area contributed by atoms with Crippen LogP contribution in [0.3, 0.4) is 0 Å². The van der Waals surface area contributed by atoms with E-state index in [1.807, 2.05) is 29.8 Å². The van der Waals surface area contributed by atoms with Gasteiger partial charge in [0.2, 0.25) is 0 Å². The predicted octanol–water partition coefficient (Wildman–Crippen LogP) is 2.12. The Morgan fingerprint density at radius 2 is 2.03 bits per heavy atom. The van der Waals surface area contributed by atoms with Gasteiger partial charge in [0.05, 0.1) is 30.0 Å². The molecular formula is C20H23N9. The minimum atomic E-state index is 0.274. The molecule has 9 heteroatoms. The average molecular weight is 389 g/mol. The number of pyridine rings is 1. The summed E-state index contributed by atoms with van der Waals surface area (Å²) in [5.74, 6) is 1.96. The van der Waals surface area contributed by atoms with Gasteiger partial charge in [-0.1, -0.05) is 0 Å². The highest BCUT2D eigenvalue weighted by Crippen LogP contribution is 2.26. The predicted molar refractivity (Wildman–Crippen MR) is 110 cm³/mol. The Morgan fingerprint density at radius 3 is 2.69 bits per heavy atom.